The minimum atomic E-state index is -0.460. The van der Waals surface area contributed by atoms with E-state index in [1.807, 2.05) is 0 Å². The molecule has 0 aliphatic carbocycles. The number of nitro benzene ring substituents is 1. The van der Waals surface area contributed by atoms with Crippen molar-refractivity contribution < 1.29 is 4.92 Å². The van der Waals surface area contributed by atoms with Crippen molar-refractivity contribution in [1.29, 1.82) is 0 Å². The van der Waals surface area contributed by atoms with Crippen LogP contribution in [0.4, 0.5) is 17.1 Å². The summed E-state index contributed by atoms with van der Waals surface area (Å²) in [5.74, 6) is 0.496. The Hall–Kier alpha value is -1.82. The summed E-state index contributed by atoms with van der Waals surface area (Å²) in [4.78, 5) is 12.4. The van der Waals surface area contributed by atoms with E-state index in [0.29, 0.717) is 12.5 Å². The smallest absolute Gasteiger partial charge is 0.292 e. The van der Waals surface area contributed by atoms with Crippen molar-refractivity contribution in [2.24, 2.45) is 11.7 Å². The average Bonchev–Trinajstić information content (AvgIpc) is 2.38. The molecule has 1 heterocycles. The van der Waals surface area contributed by atoms with E-state index in [-0.39, 0.29) is 11.4 Å². The molecule has 4 N–H and O–H groups in total. The first-order valence-corrected chi connectivity index (χ1v) is 6.10. The molecule has 6 nitrogen and oxygen atoms in total. The van der Waals surface area contributed by atoms with E-state index in [1.54, 1.807) is 12.1 Å². The van der Waals surface area contributed by atoms with Gasteiger partial charge in [0.15, 0.2) is 0 Å². The zero-order chi connectivity index (χ0) is 13.1. The van der Waals surface area contributed by atoms with Crippen molar-refractivity contribution in [2.45, 2.75) is 12.8 Å². The molecule has 1 aliphatic rings. The molecule has 1 aromatic carbocycles. The number of nitrogens with two attached hydrogens (primary N) is 2. The van der Waals surface area contributed by atoms with Gasteiger partial charge >= 0.3 is 0 Å². The van der Waals surface area contributed by atoms with Crippen molar-refractivity contribution in [3.05, 3.63) is 28.3 Å². The molecule has 1 aromatic rings. The summed E-state index contributed by atoms with van der Waals surface area (Å²) in [5.41, 5.74) is 12.5. The number of hydrogen-bond donors (Lipinski definition) is 2. The highest BCUT2D eigenvalue weighted by Crippen LogP contribution is 2.29. The molecule has 0 saturated carbocycles. The van der Waals surface area contributed by atoms with Crippen molar-refractivity contribution in [2.75, 3.05) is 30.3 Å². The first kappa shape index (κ1) is 12.6. The molecule has 1 fully saturated rings. The highest BCUT2D eigenvalue weighted by molar-refractivity contribution is 5.66. The van der Waals surface area contributed by atoms with Crippen LogP contribution in [0.15, 0.2) is 18.2 Å². The lowest BCUT2D eigenvalue weighted by Gasteiger charge is -2.34. The Kier molecular flexibility index (Phi) is 3.66. The van der Waals surface area contributed by atoms with Crippen LogP contribution in [0.2, 0.25) is 0 Å². The van der Waals surface area contributed by atoms with E-state index in [4.69, 9.17) is 11.5 Å². The van der Waals surface area contributed by atoms with Crippen molar-refractivity contribution >= 4 is 17.1 Å². The Bertz CT molecular complexity index is 450. The fraction of sp³-hybridized carbons (Fsp3) is 0.500. The van der Waals surface area contributed by atoms with Gasteiger partial charge in [-0.15, -0.1) is 0 Å². The van der Waals surface area contributed by atoms with Crippen LogP contribution >= 0.6 is 0 Å². The Morgan fingerprint density at radius 3 is 2.89 bits per heavy atom. The van der Waals surface area contributed by atoms with Gasteiger partial charge in [0, 0.05) is 24.8 Å². The van der Waals surface area contributed by atoms with E-state index in [0.717, 1.165) is 31.6 Å². The summed E-state index contributed by atoms with van der Waals surface area (Å²) in [6, 6.07) is 4.90. The topological polar surface area (TPSA) is 98.4 Å². The van der Waals surface area contributed by atoms with Crippen LogP contribution in [0, 0.1) is 16.0 Å². The summed E-state index contributed by atoms with van der Waals surface area (Å²) >= 11 is 0. The monoisotopic (exact) mass is 250 g/mol. The van der Waals surface area contributed by atoms with Gasteiger partial charge in [-0.2, -0.15) is 0 Å². The van der Waals surface area contributed by atoms with Gasteiger partial charge in [0.05, 0.1) is 4.92 Å². The number of nitrogen functional groups attached to an aromatic ring is 1. The minimum absolute atomic E-state index is 0.0360. The number of nitrogens with zero attached hydrogens (tertiary/aromatic N) is 2. The third-order valence-corrected chi connectivity index (χ3v) is 3.43. The molecule has 0 radical (unpaired) electrons. The number of anilines is 2. The lowest BCUT2D eigenvalue weighted by molar-refractivity contribution is -0.383. The molecule has 0 spiro atoms. The second kappa shape index (κ2) is 5.22. The van der Waals surface area contributed by atoms with E-state index in [9.17, 15) is 10.1 Å². The summed E-state index contributed by atoms with van der Waals surface area (Å²) in [7, 11) is 0. The first-order chi connectivity index (χ1) is 8.61. The maximum Gasteiger partial charge on any atom is 0.292 e. The molecular weight excluding hydrogens is 232 g/mol. The van der Waals surface area contributed by atoms with Crippen molar-refractivity contribution in [3.63, 3.8) is 0 Å². The van der Waals surface area contributed by atoms with Gasteiger partial charge in [0.1, 0.15) is 5.69 Å². The molecule has 0 aromatic heterocycles. The van der Waals surface area contributed by atoms with E-state index >= 15 is 0 Å². The summed E-state index contributed by atoms with van der Waals surface area (Å²) < 4.78 is 0. The predicted octanol–water partition coefficient (Wildman–Crippen LogP) is 1.35. The van der Waals surface area contributed by atoms with Gasteiger partial charge < -0.3 is 16.4 Å². The molecule has 0 bridgehead atoms. The third-order valence-electron chi connectivity index (χ3n) is 3.43. The van der Waals surface area contributed by atoms with Crippen molar-refractivity contribution in [1.82, 2.24) is 0 Å². The maximum atomic E-state index is 10.7. The van der Waals surface area contributed by atoms with E-state index < -0.39 is 4.92 Å². The highest BCUT2D eigenvalue weighted by atomic mass is 16.6. The molecule has 6 heteroatoms. The molecule has 98 valence electrons. The Morgan fingerprint density at radius 2 is 2.28 bits per heavy atom. The SMILES string of the molecule is NCC1CCCN(c2ccc([N+](=O)[O-])c(N)c2)C1. The van der Waals surface area contributed by atoms with Crippen LogP contribution in [0.3, 0.4) is 0 Å². The van der Waals surface area contributed by atoms with Crippen LogP contribution in [-0.2, 0) is 0 Å². The molecule has 1 unspecified atom stereocenters. The lowest BCUT2D eigenvalue weighted by atomic mass is 9.98. The Labute approximate surface area is 106 Å². The predicted molar refractivity (Wildman–Crippen MR) is 71.5 cm³/mol. The number of benzene rings is 1. The summed E-state index contributed by atoms with van der Waals surface area (Å²) in [6.07, 6.45) is 2.24. The fourth-order valence-corrected chi connectivity index (χ4v) is 2.40. The van der Waals surface area contributed by atoms with E-state index in [1.165, 1.54) is 6.07 Å². The fourth-order valence-electron chi connectivity index (χ4n) is 2.40. The molecule has 1 aliphatic heterocycles. The Balaban J connectivity index is 2.18. The molecule has 1 saturated heterocycles. The Morgan fingerprint density at radius 1 is 1.50 bits per heavy atom. The maximum absolute atomic E-state index is 10.7. The van der Waals surface area contributed by atoms with Gasteiger partial charge in [-0.3, -0.25) is 10.1 Å². The molecule has 0 amide bonds. The van der Waals surface area contributed by atoms with E-state index in [2.05, 4.69) is 4.90 Å². The largest absolute Gasteiger partial charge is 0.393 e. The molecule has 18 heavy (non-hydrogen) atoms. The third kappa shape index (κ3) is 2.53. The van der Waals surface area contributed by atoms with Crippen LogP contribution in [-0.4, -0.2) is 24.6 Å². The zero-order valence-electron chi connectivity index (χ0n) is 10.2. The number of rotatable bonds is 3. The minimum Gasteiger partial charge on any atom is -0.393 e. The van der Waals surface area contributed by atoms with Crippen LogP contribution < -0.4 is 16.4 Å². The second-order valence-corrected chi connectivity index (χ2v) is 4.69. The average molecular weight is 250 g/mol. The number of piperidine rings is 1. The quantitative estimate of drug-likeness (QED) is 0.479. The number of nitro groups is 1. The molecular formula is C12H18N4O2. The van der Waals surface area contributed by atoms with Gasteiger partial charge in [-0.25, -0.2) is 0 Å². The molecule has 2 rings (SSSR count). The summed E-state index contributed by atoms with van der Waals surface area (Å²) in [6.45, 7) is 2.53. The van der Waals surface area contributed by atoms with Gasteiger partial charge in [0.25, 0.3) is 5.69 Å². The van der Waals surface area contributed by atoms with Crippen molar-refractivity contribution in [3.8, 4) is 0 Å². The first-order valence-electron chi connectivity index (χ1n) is 6.10. The van der Waals surface area contributed by atoms with Gasteiger partial charge in [-0.05, 0) is 37.4 Å². The molecule has 1 atom stereocenters. The standard InChI is InChI=1S/C12H18N4O2/c13-7-9-2-1-5-15(8-9)10-3-4-12(16(17)18)11(14)6-10/h3-4,6,9H,1-2,5,7-8,13-14H2. The van der Waals surface area contributed by atoms with Crippen LogP contribution in [0.1, 0.15) is 12.8 Å². The lowest BCUT2D eigenvalue weighted by Crippen LogP contribution is -2.38. The van der Waals surface area contributed by atoms with Crippen LogP contribution in [0.5, 0.6) is 0 Å². The second-order valence-electron chi connectivity index (χ2n) is 4.69. The van der Waals surface area contributed by atoms with Crippen LogP contribution in [0.25, 0.3) is 0 Å². The highest BCUT2D eigenvalue weighted by Gasteiger charge is 2.20. The summed E-state index contributed by atoms with van der Waals surface area (Å²) in [5, 5.41) is 10.7. The normalized spacial score (nSPS) is 19.8. The number of hydrogen-bond acceptors (Lipinski definition) is 5. The van der Waals surface area contributed by atoms with Gasteiger partial charge in [-0.1, -0.05) is 0 Å². The zero-order valence-corrected chi connectivity index (χ0v) is 10.2. The van der Waals surface area contributed by atoms with Gasteiger partial charge in [0.2, 0.25) is 0 Å².